The lowest BCUT2D eigenvalue weighted by molar-refractivity contribution is -0.384. The Hall–Kier alpha value is -2.86. The average molecular weight is 356 g/mol. The van der Waals surface area contributed by atoms with Gasteiger partial charge < -0.3 is 5.32 Å². The van der Waals surface area contributed by atoms with Crippen LogP contribution in [0.1, 0.15) is 18.4 Å². The standard InChI is InChI=1S/C16H16N6O2S/c1-25-16-13(9-17)15(21-14(20-16)3-2-8-19-21)18-10-11-4-6-12(7-5-11)22(23)24/h4-8,14,18H,2-3,10H2,1H3. The Morgan fingerprint density at radius 1 is 1.48 bits per heavy atom. The Bertz CT molecular complexity index is 809. The van der Waals surface area contributed by atoms with Crippen molar-refractivity contribution in [2.75, 3.05) is 6.26 Å². The summed E-state index contributed by atoms with van der Waals surface area (Å²) in [6, 6.07) is 8.53. The number of rotatable bonds is 4. The topological polar surface area (TPSA) is 107 Å². The number of hydrazone groups is 1. The Balaban J connectivity index is 1.84. The fourth-order valence-electron chi connectivity index (χ4n) is 2.66. The van der Waals surface area contributed by atoms with Crippen molar-refractivity contribution in [1.29, 1.82) is 5.26 Å². The number of hydrogen-bond acceptors (Lipinski definition) is 8. The summed E-state index contributed by atoms with van der Waals surface area (Å²) in [6.07, 6.45) is 5.30. The molecule has 2 heterocycles. The number of nitro groups is 1. The van der Waals surface area contributed by atoms with Crippen LogP contribution in [0.2, 0.25) is 0 Å². The molecule has 0 fully saturated rings. The van der Waals surface area contributed by atoms with E-state index in [0.717, 1.165) is 18.4 Å². The Morgan fingerprint density at radius 2 is 2.24 bits per heavy atom. The zero-order valence-electron chi connectivity index (χ0n) is 13.5. The van der Waals surface area contributed by atoms with Gasteiger partial charge in [0, 0.05) is 24.9 Å². The summed E-state index contributed by atoms with van der Waals surface area (Å²) in [6.45, 7) is 0.429. The lowest BCUT2D eigenvalue weighted by Crippen LogP contribution is -2.42. The third-order valence-electron chi connectivity index (χ3n) is 3.90. The van der Waals surface area contributed by atoms with Gasteiger partial charge in [-0.15, -0.1) is 11.8 Å². The molecule has 1 aromatic carbocycles. The number of hydrogen-bond donors (Lipinski definition) is 1. The zero-order chi connectivity index (χ0) is 17.8. The maximum atomic E-state index is 10.7. The molecule has 0 aromatic heterocycles. The van der Waals surface area contributed by atoms with Gasteiger partial charge >= 0.3 is 0 Å². The summed E-state index contributed by atoms with van der Waals surface area (Å²) in [7, 11) is 0. The molecule has 0 saturated heterocycles. The highest BCUT2D eigenvalue weighted by atomic mass is 32.2. The van der Waals surface area contributed by atoms with Crippen molar-refractivity contribution in [1.82, 2.24) is 10.3 Å². The van der Waals surface area contributed by atoms with Gasteiger partial charge in [0.15, 0.2) is 0 Å². The van der Waals surface area contributed by atoms with E-state index >= 15 is 0 Å². The second-order valence-electron chi connectivity index (χ2n) is 5.45. The van der Waals surface area contributed by atoms with Crippen molar-refractivity contribution < 1.29 is 4.92 Å². The predicted octanol–water partition coefficient (Wildman–Crippen LogP) is 2.60. The molecule has 1 N–H and O–H groups in total. The van der Waals surface area contributed by atoms with Gasteiger partial charge in [0.05, 0.1) is 4.92 Å². The molecule has 0 bridgehead atoms. The number of nitrogens with one attached hydrogen (secondary N) is 1. The summed E-state index contributed by atoms with van der Waals surface area (Å²) in [4.78, 5) is 14.9. The van der Waals surface area contributed by atoms with Crippen molar-refractivity contribution in [2.45, 2.75) is 25.6 Å². The second-order valence-corrected chi connectivity index (χ2v) is 6.25. The number of nitro benzene ring substituents is 1. The lowest BCUT2D eigenvalue weighted by Gasteiger charge is -2.35. The molecule has 0 aliphatic carbocycles. The number of benzene rings is 1. The summed E-state index contributed by atoms with van der Waals surface area (Å²) in [5.74, 6) is 0.626. The van der Waals surface area contributed by atoms with Crippen LogP contribution in [-0.4, -0.2) is 33.6 Å². The van der Waals surface area contributed by atoms with E-state index in [2.05, 4.69) is 21.5 Å². The van der Waals surface area contributed by atoms with Crippen LogP contribution in [0.3, 0.4) is 0 Å². The fraction of sp³-hybridized carbons (Fsp3) is 0.312. The third-order valence-corrected chi connectivity index (χ3v) is 4.60. The number of thioether (sulfide) groups is 1. The smallest absolute Gasteiger partial charge is 0.269 e. The lowest BCUT2D eigenvalue weighted by atomic mass is 10.1. The van der Waals surface area contributed by atoms with E-state index in [0.29, 0.717) is 23.0 Å². The minimum absolute atomic E-state index is 0.0517. The first-order chi connectivity index (χ1) is 12.1. The minimum Gasteiger partial charge on any atom is -0.365 e. The predicted molar refractivity (Wildman–Crippen MR) is 96.9 cm³/mol. The summed E-state index contributed by atoms with van der Waals surface area (Å²) in [5.41, 5.74) is 1.39. The molecular formula is C16H16N6O2S. The molecular weight excluding hydrogens is 340 g/mol. The molecule has 2 aliphatic rings. The van der Waals surface area contributed by atoms with Crippen LogP contribution in [0, 0.1) is 21.4 Å². The average Bonchev–Trinajstić information content (AvgIpc) is 2.65. The first-order valence-electron chi connectivity index (χ1n) is 7.69. The summed E-state index contributed by atoms with van der Waals surface area (Å²) < 4.78 is 0. The third kappa shape index (κ3) is 3.49. The Labute approximate surface area is 149 Å². The molecule has 9 heteroatoms. The molecule has 0 radical (unpaired) electrons. The molecule has 0 saturated carbocycles. The summed E-state index contributed by atoms with van der Waals surface area (Å²) in [5, 5.41) is 30.4. The van der Waals surface area contributed by atoms with E-state index in [9.17, 15) is 15.4 Å². The van der Waals surface area contributed by atoms with Gasteiger partial charge in [0.1, 0.15) is 28.7 Å². The van der Waals surface area contributed by atoms with Crippen molar-refractivity contribution in [3.8, 4) is 6.07 Å². The van der Waals surface area contributed by atoms with Crippen LogP contribution in [0.25, 0.3) is 0 Å². The highest BCUT2D eigenvalue weighted by Gasteiger charge is 2.31. The van der Waals surface area contributed by atoms with Crippen LogP contribution in [-0.2, 0) is 6.54 Å². The van der Waals surface area contributed by atoms with E-state index in [4.69, 9.17) is 0 Å². The molecule has 128 valence electrons. The van der Waals surface area contributed by atoms with Gasteiger partial charge in [-0.05, 0) is 24.7 Å². The number of aliphatic imine (C=N–C) groups is 1. The molecule has 2 aliphatic heterocycles. The van der Waals surface area contributed by atoms with Crippen LogP contribution in [0.4, 0.5) is 5.69 Å². The maximum absolute atomic E-state index is 10.7. The van der Waals surface area contributed by atoms with Gasteiger partial charge in [0.2, 0.25) is 0 Å². The van der Waals surface area contributed by atoms with Crippen LogP contribution in [0.15, 0.2) is 45.8 Å². The van der Waals surface area contributed by atoms with E-state index in [1.54, 1.807) is 17.1 Å². The van der Waals surface area contributed by atoms with Gasteiger partial charge in [0.25, 0.3) is 5.69 Å². The molecule has 1 atom stereocenters. The van der Waals surface area contributed by atoms with Gasteiger partial charge in [-0.25, -0.2) is 5.01 Å². The SMILES string of the molecule is CSC1=NC2CCC=NN2C(NCc2ccc([N+](=O)[O-])cc2)=C1C#N. The Morgan fingerprint density at radius 3 is 2.88 bits per heavy atom. The van der Waals surface area contributed by atoms with Crippen molar-refractivity contribution >= 4 is 28.7 Å². The van der Waals surface area contributed by atoms with E-state index in [1.165, 1.54) is 23.9 Å². The monoisotopic (exact) mass is 356 g/mol. The van der Waals surface area contributed by atoms with Crippen molar-refractivity contribution in [2.24, 2.45) is 10.1 Å². The Kier molecular flexibility index (Phi) is 5.00. The first kappa shape index (κ1) is 17.0. The largest absolute Gasteiger partial charge is 0.365 e. The van der Waals surface area contributed by atoms with Crippen LogP contribution < -0.4 is 5.32 Å². The normalized spacial score (nSPS) is 19.1. The molecule has 25 heavy (non-hydrogen) atoms. The van der Waals surface area contributed by atoms with E-state index in [-0.39, 0.29) is 11.9 Å². The molecule has 0 amide bonds. The molecule has 1 unspecified atom stereocenters. The van der Waals surface area contributed by atoms with E-state index in [1.807, 2.05) is 12.5 Å². The van der Waals surface area contributed by atoms with Gasteiger partial charge in [-0.3, -0.25) is 15.1 Å². The van der Waals surface area contributed by atoms with Crippen LogP contribution in [0.5, 0.6) is 0 Å². The molecule has 8 nitrogen and oxygen atoms in total. The number of non-ortho nitro benzene ring substituents is 1. The number of nitriles is 1. The first-order valence-corrected chi connectivity index (χ1v) is 8.92. The highest BCUT2D eigenvalue weighted by molar-refractivity contribution is 8.13. The van der Waals surface area contributed by atoms with Crippen molar-refractivity contribution in [3.63, 3.8) is 0 Å². The second kappa shape index (κ2) is 7.36. The maximum Gasteiger partial charge on any atom is 0.269 e. The quantitative estimate of drug-likeness (QED) is 0.656. The summed E-state index contributed by atoms with van der Waals surface area (Å²) >= 11 is 1.44. The molecule has 0 spiro atoms. The zero-order valence-corrected chi connectivity index (χ0v) is 14.4. The fourth-order valence-corrected chi connectivity index (χ4v) is 3.23. The van der Waals surface area contributed by atoms with E-state index < -0.39 is 4.92 Å². The minimum atomic E-state index is -0.428. The highest BCUT2D eigenvalue weighted by Crippen LogP contribution is 2.29. The number of nitrogens with zero attached hydrogens (tertiary/aromatic N) is 5. The molecule has 1 aromatic rings. The van der Waals surface area contributed by atoms with Gasteiger partial charge in [-0.1, -0.05) is 12.1 Å². The van der Waals surface area contributed by atoms with Crippen LogP contribution >= 0.6 is 11.8 Å². The van der Waals surface area contributed by atoms with Gasteiger partial charge in [-0.2, -0.15) is 10.4 Å². The van der Waals surface area contributed by atoms with Crippen molar-refractivity contribution in [3.05, 3.63) is 51.3 Å². The molecule has 3 rings (SSSR count). The number of fused-ring (bicyclic) bond motifs is 1.